The Labute approximate surface area is 146 Å². The van der Waals surface area contributed by atoms with E-state index in [0.29, 0.717) is 17.4 Å². The number of benzene rings is 2. The molecule has 0 amide bonds. The lowest BCUT2D eigenvalue weighted by atomic mass is 10.0. The van der Waals surface area contributed by atoms with Gasteiger partial charge in [-0.25, -0.2) is 4.98 Å². The molecule has 0 bridgehead atoms. The average molecular weight is 332 g/mol. The molecule has 1 N–H and O–H groups in total. The molecule has 0 aliphatic heterocycles. The molecule has 0 saturated heterocycles. The lowest BCUT2D eigenvalue weighted by Crippen LogP contribution is -1.93. The van der Waals surface area contributed by atoms with E-state index < -0.39 is 0 Å². The molecule has 126 valence electrons. The van der Waals surface area contributed by atoms with Crippen LogP contribution < -0.4 is 0 Å². The molecular formula is C21H20N2O2. The number of aromatic hydroxyl groups is 1. The molecule has 4 aromatic rings. The van der Waals surface area contributed by atoms with Crippen LogP contribution in [0.3, 0.4) is 0 Å². The predicted molar refractivity (Wildman–Crippen MR) is 99.3 cm³/mol. The molecule has 25 heavy (non-hydrogen) atoms. The molecule has 0 aliphatic carbocycles. The highest BCUT2D eigenvalue weighted by molar-refractivity contribution is 5.79. The van der Waals surface area contributed by atoms with Crippen LogP contribution in [0, 0.1) is 6.92 Å². The molecule has 0 saturated carbocycles. The monoisotopic (exact) mass is 332 g/mol. The van der Waals surface area contributed by atoms with Crippen molar-refractivity contribution in [3.05, 3.63) is 66.0 Å². The van der Waals surface area contributed by atoms with Gasteiger partial charge in [0.25, 0.3) is 0 Å². The first kappa shape index (κ1) is 15.5. The van der Waals surface area contributed by atoms with Gasteiger partial charge in [0.1, 0.15) is 11.3 Å². The van der Waals surface area contributed by atoms with Crippen LogP contribution in [-0.2, 0) is 0 Å². The summed E-state index contributed by atoms with van der Waals surface area (Å²) in [5, 5.41) is 10.5. The van der Waals surface area contributed by atoms with Crippen LogP contribution in [0.2, 0.25) is 0 Å². The Kier molecular flexibility index (Phi) is 3.61. The predicted octanol–water partition coefficient (Wildman–Crippen LogP) is 5.42. The molecule has 2 heterocycles. The number of oxazole rings is 1. The van der Waals surface area contributed by atoms with Gasteiger partial charge in [-0.1, -0.05) is 19.9 Å². The number of nitrogens with zero attached hydrogens (tertiary/aromatic N) is 2. The first-order valence-corrected chi connectivity index (χ1v) is 8.41. The van der Waals surface area contributed by atoms with E-state index in [1.165, 1.54) is 5.56 Å². The third-order valence-corrected chi connectivity index (χ3v) is 4.50. The van der Waals surface area contributed by atoms with Gasteiger partial charge < -0.3 is 14.1 Å². The fourth-order valence-electron chi connectivity index (χ4n) is 3.00. The Morgan fingerprint density at radius 3 is 2.56 bits per heavy atom. The molecular weight excluding hydrogens is 312 g/mol. The zero-order chi connectivity index (χ0) is 17.6. The minimum absolute atomic E-state index is 0.201. The molecule has 4 heteroatoms. The van der Waals surface area contributed by atoms with E-state index in [0.717, 1.165) is 22.4 Å². The van der Waals surface area contributed by atoms with Crippen molar-refractivity contribution >= 4 is 11.1 Å². The largest absolute Gasteiger partial charge is 0.507 e. The first-order chi connectivity index (χ1) is 12.0. The number of hydrogen-bond acceptors (Lipinski definition) is 3. The van der Waals surface area contributed by atoms with Crippen molar-refractivity contribution in [2.75, 3.05) is 0 Å². The second kappa shape index (κ2) is 5.81. The highest BCUT2D eigenvalue weighted by Crippen LogP contribution is 2.36. The van der Waals surface area contributed by atoms with E-state index in [2.05, 4.69) is 24.9 Å². The third-order valence-electron chi connectivity index (χ3n) is 4.50. The third kappa shape index (κ3) is 2.70. The summed E-state index contributed by atoms with van der Waals surface area (Å²) in [6.07, 6.45) is 3.94. The fraction of sp³-hybridized carbons (Fsp3) is 0.190. The summed E-state index contributed by atoms with van der Waals surface area (Å²) < 4.78 is 7.91. The second-order valence-corrected chi connectivity index (χ2v) is 6.65. The van der Waals surface area contributed by atoms with Crippen LogP contribution in [0.4, 0.5) is 0 Å². The summed E-state index contributed by atoms with van der Waals surface area (Å²) in [6.45, 7) is 6.18. The molecule has 0 atom stereocenters. The molecule has 2 aromatic heterocycles. The summed E-state index contributed by atoms with van der Waals surface area (Å²) in [6, 6.07) is 13.8. The van der Waals surface area contributed by atoms with Crippen molar-refractivity contribution in [2.24, 2.45) is 0 Å². The zero-order valence-electron chi connectivity index (χ0n) is 14.5. The smallest absolute Gasteiger partial charge is 0.231 e. The Morgan fingerprint density at radius 2 is 1.84 bits per heavy atom. The second-order valence-electron chi connectivity index (χ2n) is 6.65. The van der Waals surface area contributed by atoms with Gasteiger partial charge in [0.15, 0.2) is 5.58 Å². The van der Waals surface area contributed by atoms with Gasteiger partial charge in [0.05, 0.1) is 5.56 Å². The molecule has 0 radical (unpaired) electrons. The van der Waals surface area contributed by atoms with Gasteiger partial charge in [-0.15, -0.1) is 0 Å². The molecule has 0 spiro atoms. The number of hydrogen-bond donors (Lipinski definition) is 1. The SMILES string of the molecule is Cc1cc(-n2cccc2)cc(-c2nc3cc(C(C)C)ccc3o2)c1O. The maximum atomic E-state index is 10.5. The zero-order valence-corrected chi connectivity index (χ0v) is 14.5. The standard InChI is InChI=1S/C21H20N2O2/c1-13(2)15-6-7-19-18(11-15)22-21(25-19)17-12-16(10-14(3)20(17)24)23-8-4-5-9-23/h4-13,24H,1-3H3. The van der Waals surface area contributed by atoms with Crippen LogP contribution in [0.25, 0.3) is 28.2 Å². The van der Waals surface area contributed by atoms with E-state index in [4.69, 9.17) is 4.42 Å². The van der Waals surface area contributed by atoms with Gasteiger partial charge in [-0.2, -0.15) is 0 Å². The number of phenolic OH excluding ortho intramolecular Hbond substituents is 1. The molecule has 2 aromatic carbocycles. The van der Waals surface area contributed by atoms with Crippen LogP contribution in [0.5, 0.6) is 5.75 Å². The highest BCUT2D eigenvalue weighted by atomic mass is 16.3. The molecule has 0 fully saturated rings. The molecule has 0 aliphatic rings. The average Bonchev–Trinajstić information content (AvgIpc) is 3.25. The highest BCUT2D eigenvalue weighted by Gasteiger charge is 2.16. The Hall–Kier alpha value is -3.01. The number of phenols is 1. The van der Waals surface area contributed by atoms with E-state index in [1.807, 2.05) is 60.3 Å². The van der Waals surface area contributed by atoms with Crippen molar-refractivity contribution < 1.29 is 9.52 Å². The van der Waals surface area contributed by atoms with Crippen LogP contribution in [0.15, 0.2) is 59.3 Å². The van der Waals surface area contributed by atoms with Crippen LogP contribution in [0.1, 0.15) is 30.9 Å². The van der Waals surface area contributed by atoms with Crippen molar-refractivity contribution in [2.45, 2.75) is 26.7 Å². The number of aryl methyl sites for hydroxylation is 1. The molecule has 0 unspecified atom stereocenters. The van der Waals surface area contributed by atoms with Crippen molar-refractivity contribution in [1.82, 2.24) is 9.55 Å². The maximum Gasteiger partial charge on any atom is 0.231 e. The van der Waals surface area contributed by atoms with Crippen molar-refractivity contribution in [3.8, 4) is 22.9 Å². The lowest BCUT2D eigenvalue weighted by Gasteiger charge is -2.09. The first-order valence-electron chi connectivity index (χ1n) is 8.41. The van der Waals surface area contributed by atoms with E-state index in [-0.39, 0.29) is 5.75 Å². The minimum atomic E-state index is 0.201. The summed E-state index contributed by atoms with van der Waals surface area (Å²) in [5.41, 5.74) is 5.10. The number of aromatic nitrogens is 2. The van der Waals surface area contributed by atoms with Gasteiger partial charge in [-0.05, 0) is 60.4 Å². The number of rotatable bonds is 3. The van der Waals surface area contributed by atoms with E-state index >= 15 is 0 Å². The van der Waals surface area contributed by atoms with Gasteiger partial charge in [-0.3, -0.25) is 0 Å². The normalized spacial score (nSPS) is 11.5. The van der Waals surface area contributed by atoms with Crippen LogP contribution >= 0.6 is 0 Å². The quantitative estimate of drug-likeness (QED) is 0.545. The van der Waals surface area contributed by atoms with Crippen molar-refractivity contribution in [3.63, 3.8) is 0 Å². The Morgan fingerprint density at radius 1 is 1.08 bits per heavy atom. The Balaban J connectivity index is 1.87. The lowest BCUT2D eigenvalue weighted by molar-refractivity contribution is 0.470. The minimum Gasteiger partial charge on any atom is -0.507 e. The van der Waals surface area contributed by atoms with E-state index in [9.17, 15) is 5.11 Å². The summed E-state index contributed by atoms with van der Waals surface area (Å²) in [5.74, 6) is 1.06. The van der Waals surface area contributed by atoms with Crippen molar-refractivity contribution in [1.29, 1.82) is 0 Å². The number of fused-ring (bicyclic) bond motifs is 1. The molecule has 4 nitrogen and oxygen atoms in total. The topological polar surface area (TPSA) is 51.2 Å². The van der Waals surface area contributed by atoms with Gasteiger partial charge >= 0.3 is 0 Å². The molecule has 4 rings (SSSR count). The summed E-state index contributed by atoms with van der Waals surface area (Å²) in [7, 11) is 0. The van der Waals surface area contributed by atoms with Gasteiger partial charge in [0, 0.05) is 18.1 Å². The Bertz CT molecular complexity index is 1040. The van der Waals surface area contributed by atoms with Crippen LogP contribution in [-0.4, -0.2) is 14.7 Å². The summed E-state index contributed by atoms with van der Waals surface area (Å²) in [4.78, 5) is 4.61. The fourth-order valence-corrected chi connectivity index (χ4v) is 3.00. The maximum absolute atomic E-state index is 10.5. The summed E-state index contributed by atoms with van der Waals surface area (Å²) >= 11 is 0. The van der Waals surface area contributed by atoms with E-state index in [1.54, 1.807) is 0 Å². The van der Waals surface area contributed by atoms with Gasteiger partial charge in [0.2, 0.25) is 5.89 Å².